The van der Waals surface area contributed by atoms with E-state index in [0.29, 0.717) is 13.1 Å². The topological polar surface area (TPSA) is 85.2 Å². The molecule has 4 rings (SSSR count). The van der Waals surface area contributed by atoms with Crippen LogP contribution in [0.15, 0.2) is 72.0 Å². The molecule has 32 heavy (non-hydrogen) atoms. The number of imide groups is 1. The molecule has 1 aliphatic rings. The molecule has 2 aromatic carbocycles. The number of carbonyl (C=O) groups is 2. The van der Waals surface area contributed by atoms with Crippen LogP contribution in [-0.4, -0.2) is 40.0 Å². The van der Waals surface area contributed by atoms with Crippen molar-refractivity contribution in [1.29, 1.82) is 0 Å². The summed E-state index contributed by atoms with van der Waals surface area (Å²) in [5, 5.41) is 5.81. The molecule has 1 atom stereocenters. The molecule has 1 aliphatic heterocycles. The van der Waals surface area contributed by atoms with Gasteiger partial charge in [0.25, 0.3) is 0 Å². The number of aromatic nitrogens is 2. The zero-order valence-corrected chi connectivity index (χ0v) is 18.5. The van der Waals surface area contributed by atoms with Gasteiger partial charge in [0.15, 0.2) is 5.16 Å². The molecule has 0 spiro atoms. The van der Waals surface area contributed by atoms with E-state index in [1.165, 1.54) is 11.8 Å². The number of nitrogens with one attached hydrogen (secondary N) is 2. The smallest absolute Gasteiger partial charge is 0.321 e. The molecule has 1 fully saturated rings. The number of amides is 3. The summed E-state index contributed by atoms with van der Waals surface area (Å²) in [6.45, 7) is 1.83. The van der Waals surface area contributed by atoms with Crippen LogP contribution in [0.1, 0.15) is 18.4 Å². The van der Waals surface area contributed by atoms with Crippen molar-refractivity contribution in [3.8, 4) is 11.3 Å². The van der Waals surface area contributed by atoms with Gasteiger partial charge >= 0.3 is 6.03 Å². The molecule has 0 saturated carbocycles. The minimum Gasteiger partial charge on any atom is -0.376 e. The minimum atomic E-state index is -0.507. The SMILES string of the molecule is O=C(CSc1ncc(-c2ccccc2)n1CC1CCCO1)NC(=O)NCc1ccccc1. The fourth-order valence-corrected chi connectivity index (χ4v) is 4.39. The highest BCUT2D eigenvalue weighted by Crippen LogP contribution is 2.28. The van der Waals surface area contributed by atoms with Crippen LogP contribution in [0.5, 0.6) is 0 Å². The summed E-state index contributed by atoms with van der Waals surface area (Å²) in [5.41, 5.74) is 3.02. The molecule has 8 heteroatoms. The number of rotatable bonds is 8. The molecule has 0 aliphatic carbocycles. The van der Waals surface area contributed by atoms with Crippen LogP contribution < -0.4 is 10.6 Å². The molecule has 1 unspecified atom stereocenters. The van der Waals surface area contributed by atoms with Crippen LogP contribution in [0.2, 0.25) is 0 Å². The second-order valence-electron chi connectivity index (χ2n) is 7.54. The maximum Gasteiger partial charge on any atom is 0.321 e. The number of nitrogens with zero attached hydrogens (tertiary/aromatic N) is 2. The largest absolute Gasteiger partial charge is 0.376 e. The summed E-state index contributed by atoms with van der Waals surface area (Å²) in [4.78, 5) is 28.9. The molecule has 3 amide bonds. The van der Waals surface area contributed by atoms with E-state index in [1.807, 2.05) is 66.9 Å². The van der Waals surface area contributed by atoms with Crippen molar-refractivity contribution >= 4 is 23.7 Å². The van der Waals surface area contributed by atoms with Gasteiger partial charge in [-0.05, 0) is 24.0 Å². The second kappa shape index (κ2) is 11.0. The molecule has 1 saturated heterocycles. The van der Waals surface area contributed by atoms with Crippen LogP contribution in [0.25, 0.3) is 11.3 Å². The third-order valence-electron chi connectivity index (χ3n) is 5.18. The first kappa shape index (κ1) is 22.1. The Bertz CT molecular complexity index is 1030. The Kier molecular flexibility index (Phi) is 7.58. The Hall–Kier alpha value is -3.10. The third-order valence-corrected chi connectivity index (χ3v) is 6.17. The molecule has 7 nitrogen and oxygen atoms in total. The summed E-state index contributed by atoms with van der Waals surface area (Å²) >= 11 is 1.31. The van der Waals surface area contributed by atoms with E-state index >= 15 is 0 Å². The Morgan fingerprint density at radius 2 is 1.84 bits per heavy atom. The van der Waals surface area contributed by atoms with E-state index in [4.69, 9.17) is 4.74 Å². The summed E-state index contributed by atoms with van der Waals surface area (Å²) in [6, 6.07) is 19.1. The van der Waals surface area contributed by atoms with Crippen LogP contribution in [0, 0.1) is 0 Å². The van der Waals surface area contributed by atoms with Gasteiger partial charge in [-0.25, -0.2) is 9.78 Å². The van der Waals surface area contributed by atoms with Gasteiger partial charge in [-0.1, -0.05) is 72.4 Å². The summed E-state index contributed by atoms with van der Waals surface area (Å²) in [6.07, 6.45) is 4.04. The third kappa shape index (κ3) is 5.99. The average Bonchev–Trinajstić information content (AvgIpc) is 3.48. The average molecular weight is 451 g/mol. The standard InChI is InChI=1S/C24H26N4O3S/c29-22(27-23(30)25-14-18-8-3-1-4-9-18)17-32-24-26-15-21(19-10-5-2-6-11-19)28(24)16-20-12-7-13-31-20/h1-6,8-11,15,20H,7,12-14,16-17H2,(H2,25,27,29,30). The number of ether oxygens (including phenoxy) is 1. The first-order valence-corrected chi connectivity index (χ1v) is 11.6. The van der Waals surface area contributed by atoms with E-state index in [2.05, 4.69) is 20.2 Å². The fraction of sp³-hybridized carbons (Fsp3) is 0.292. The van der Waals surface area contributed by atoms with Crippen LogP contribution in [0.4, 0.5) is 4.79 Å². The molecular formula is C24H26N4O3S. The lowest BCUT2D eigenvalue weighted by Crippen LogP contribution is -2.40. The quantitative estimate of drug-likeness (QED) is 0.509. The first-order chi connectivity index (χ1) is 15.7. The molecule has 1 aromatic heterocycles. The highest BCUT2D eigenvalue weighted by Gasteiger charge is 2.21. The normalized spacial score (nSPS) is 15.4. The molecular weight excluding hydrogens is 424 g/mol. The number of carbonyl (C=O) groups excluding carboxylic acids is 2. The predicted octanol–water partition coefficient (Wildman–Crippen LogP) is 3.85. The molecule has 166 valence electrons. The van der Waals surface area contributed by atoms with E-state index in [9.17, 15) is 9.59 Å². The molecule has 0 bridgehead atoms. The fourth-order valence-electron chi connectivity index (χ4n) is 3.60. The maximum absolute atomic E-state index is 12.3. The van der Waals surface area contributed by atoms with Crippen molar-refractivity contribution in [2.75, 3.05) is 12.4 Å². The van der Waals surface area contributed by atoms with Crippen molar-refractivity contribution in [2.45, 2.75) is 37.2 Å². The summed E-state index contributed by atoms with van der Waals surface area (Å²) < 4.78 is 7.93. The Balaban J connectivity index is 1.36. The first-order valence-electron chi connectivity index (χ1n) is 10.7. The Morgan fingerprint density at radius 3 is 2.56 bits per heavy atom. The van der Waals surface area contributed by atoms with Gasteiger partial charge in [-0.3, -0.25) is 10.1 Å². The van der Waals surface area contributed by atoms with Crippen molar-refractivity contribution in [3.05, 3.63) is 72.4 Å². The summed E-state index contributed by atoms with van der Waals surface area (Å²) in [7, 11) is 0. The lowest BCUT2D eigenvalue weighted by Gasteiger charge is -2.16. The van der Waals surface area contributed by atoms with Gasteiger partial charge < -0.3 is 14.6 Å². The van der Waals surface area contributed by atoms with Crippen LogP contribution in [-0.2, 0) is 22.6 Å². The van der Waals surface area contributed by atoms with Crippen molar-refractivity contribution < 1.29 is 14.3 Å². The van der Waals surface area contributed by atoms with Gasteiger partial charge in [0.1, 0.15) is 0 Å². The lowest BCUT2D eigenvalue weighted by atomic mass is 10.1. The maximum atomic E-state index is 12.3. The zero-order valence-electron chi connectivity index (χ0n) is 17.7. The second-order valence-corrected chi connectivity index (χ2v) is 8.49. The van der Waals surface area contributed by atoms with Gasteiger partial charge in [-0.15, -0.1) is 0 Å². The number of urea groups is 1. The number of hydrogen-bond donors (Lipinski definition) is 2. The van der Waals surface area contributed by atoms with E-state index in [-0.39, 0.29) is 17.8 Å². The molecule has 2 N–H and O–H groups in total. The molecule has 3 aromatic rings. The minimum absolute atomic E-state index is 0.0928. The van der Waals surface area contributed by atoms with Gasteiger partial charge in [0, 0.05) is 13.2 Å². The van der Waals surface area contributed by atoms with Crippen LogP contribution >= 0.6 is 11.8 Å². The van der Waals surface area contributed by atoms with Gasteiger partial charge in [0.2, 0.25) is 5.91 Å². The van der Waals surface area contributed by atoms with E-state index < -0.39 is 6.03 Å². The molecule has 2 heterocycles. The zero-order chi connectivity index (χ0) is 22.2. The number of benzene rings is 2. The lowest BCUT2D eigenvalue weighted by molar-refractivity contribution is -0.117. The molecule has 0 radical (unpaired) electrons. The predicted molar refractivity (Wildman–Crippen MR) is 124 cm³/mol. The Labute approximate surface area is 191 Å². The van der Waals surface area contributed by atoms with Gasteiger partial charge in [0.05, 0.1) is 30.3 Å². The van der Waals surface area contributed by atoms with Crippen molar-refractivity contribution in [2.24, 2.45) is 0 Å². The highest BCUT2D eigenvalue weighted by atomic mass is 32.2. The van der Waals surface area contributed by atoms with Crippen LogP contribution in [0.3, 0.4) is 0 Å². The highest BCUT2D eigenvalue weighted by molar-refractivity contribution is 7.99. The van der Waals surface area contributed by atoms with Gasteiger partial charge in [-0.2, -0.15) is 0 Å². The number of thioether (sulfide) groups is 1. The van der Waals surface area contributed by atoms with E-state index in [0.717, 1.165) is 41.4 Å². The van der Waals surface area contributed by atoms with Crippen molar-refractivity contribution in [3.63, 3.8) is 0 Å². The summed E-state index contributed by atoms with van der Waals surface area (Å²) in [5.74, 6) is -0.274. The monoisotopic (exact) mass is 450 g/mol. The Morgan fingerprint density at radius 1 is 1.09 bits per heavy atom. The number of hydrogen-bond acceptors (Lipinski definition) is 5. The van der Waals surface area contributed by atoms with E-state index in [1.54, 1.807) is 0 Å². The number of imidazole rings is 1. The van der Waals surface area contributed by atoms with Crippen molar-refractivity contribution in [1.82, 2.24) is 20.2 Å².